The van der Waals surface area contributed by atoms with Gasteiger partial charge in [-0.25, -0.2) is 9.97 Å². The number of aromatic nitrogens is 2. The SMILES string of the molecule is c1cc(-c2ccc3c(c2)C2CCC3CC2)nc(-c2ccccc2-c2ccccc2-c2cccc(-c3ccc4c(c3)C3CCC4CC3)n2)c1. The Bertz CT molecular complexity index is 2020. The molecule has 48 heavy (non-hydrogen) atoms. The molecule has 6 aliphatic carbocycles. The summed E-state index contributed by atoms with van der Waals surface area (Å²) in [7, 11) is 0. The standard InChI is InChI=1S/C46H40N2/c1-3-9-39(45-13-5-11-43(47-45)33-23-25-35-29-15-19-31(20-16-29)41(35)27-33)37(7-1)38-8-2-4-10-40(38)46-14-6-12-44(48-46)34-24-26-36-30-17-21-32(22-18-30)42(36)28-34/h1-14,23-32H,15-22H2. The van der Waals surface area contributed by atoms with Gasteiger partial charge in [-0.3, -0.25) is 0 Å². The quantitative estimate of drug-likeness (QED) is 0.192. The lowest BCUT2D eigenvalue weighted by Crippen LogP contribution is -2.21. The molecule has 0 unspecified atom stereocenters. The van der Waals surface area contributed by atoms with Crippen LogP contribution >= 0.6 is 0 Å². The third-order valence-electron chi connectivity index (χ3n) is 12.2. The third-order valence-corrected chi connectivity index (χ3v) is 12.2. The highest BCUT2D eigenvalue weighted by molar-refractivity contribution is 5.90. The van der Waals surface area contributed by atoms with Crippen LogP contribution in [0.1, 0.15) is 97.3 Å². The molecule has 2 aromatic heterocycles. The van der Waals surface area contributed by atoms with Crippen molar-refractivity contribution in [3.63, 3.8) is 0 Å². The second-order valence-electron chi connectivity index (χ2n) is 14.7. The van der Waals surface area contributed by atoms with Crippen LogP contribution in [0.5, 0.6) is 0 Å². The van der Waals surface area contributed by atoms with Crippen LogP contribution in [-0.4, -0.2) is 9.97 Å². The van der Waals surface area contributed by atoms with Gasteiger partial charge in [-0.15, -0.1) is 0 Å². The van der Waals surface area contributed by atoms with Gasteiger partial charge in [0.25, 0.3) is 0 Å². The molecule has 2 fully saturated rings. The fourth-order valence-corrected chi connectivity index (χ4v) is 9.72. The molecule has 0 atom stereocenters. The molecule has 4 bridgehead atoms. The monoisotopic (exact) mass is 620 g/mol. The molecule has 0 amide bonds. The number of rotatable bonds is 5. The van der Waals surface area contributed by atoms with Crippen molar-refractivity contribution in [3.8, 4) is 56.2 Å². The lowest BCUT2D eigenvalue weighted by molar-refractivity contribution is 0.359. The first-order valence-corrected chi connectivity index (χ1v) is 18.2. The summed E-state index contributed by atoms with van der Waals surface area (Å²) in [4.78, 5) is 10.6. The topological polar surface area (TPSA) is 25.8 Å². The molecular formula is C46H40N2. The van der Waals surface area contributed by atoms with Crippen LogP contribution in [0.15, 0.2) is 121 Å². The first kappa shape index (κ1) is 28.2. The molecule has 6 aliphatic rings. The first-order valence-electron chi connectivity index (χ1n) is 18.2. The van der Waals surface area contributed by atoms with Gasteiger partial charge in [0.1, 0.15) is 0 Å². The van der Waals surface area contributed by atoms with Gasteiger partial charge in [-0.2, -0.15) is 0 Å². The Balaban J connectivity index is 1.02. The molecule has 12 rings (SSSR count). The Kier molecular flexibility index (Phi) is 6.71. The van der Waals surface area contributed by atoms with Gasteiger partial charge in [-0.1, -0.05) is 84.9 Å². The minimum atomic E-state index is 0.722. The van der Waals surface area contributed by atoms with Gasteiger partial charge >= 0.3 is 0 Å². The van der Waals surface area contributed by atoms with Gasteiger partial charge < -0.3 is 0 Å². The first-order chi connectivity index (χ1) is 23.8. The zero-order chi connectivity index (χ0) is 31.6. The summed E-state index contributed by atoms with van der Waals surface area (Å²) in [6.07, 6.45) is 10.8. The van der Waals surface area contributed by atoms with Crippen LogP contribution in [0.25, 0.3) is 56.2 Å². The van der Waals surface area contributed by atoms with Crippen molar-refractivity contribution in [2.24, 2.45) is 0 Å². The summed E-state index contributed by atoms with van der Waals surface area (Å²) in [6.45, 7) is 0. The van der Waals surface area contributed by atoms with E-state index in [1.165, 1.54) is 73.6 Å². The number of fused-ring (bicyclic) bond motifs is 4. The number of pyridine rings is 2. The lowest BCUT2D eigenvalue weighted by Gasteiger charge is -2.38. The maximum atomic E-state index is 5.30. The highest BCUT2D eigenvalue weighted by atomic mass is 14.7. The normalized spacial score (nSPS) is 21.9. The van der Waals surface area contributed by atoms with Gasteiger partial charge in [0.15, 0.2) is 0 Å². The molecule has 2 saturated carbocycles. The molecule has 234 valence electrons. The molecule has 0 spiro atoms. The van der Waals surface area contributed by atoms with Gasteiger partial charge in [0.05, 0.1) is 22.8 Å². The maximum absolute atomic E-state index is 5.30. The summed E-state index contributed by atoms with van der Waals surface area (Å²) in [5, 5.41) is 0. The fourth-order valence-electron chi connectivity index (χ4n) is 9.72. The van der Waals surface area contributed by atoms with Crippen molar-refractivity contribution in [1.82, 2.24) is 9.97 Å². The van der Waals surface area contributed by atoms with Gasteiger partial charge in [0.2, 0.25) is 0 Å². The highest BCUT2D eigenvalue weighted by Gasteiger charge is 2.34. The van der Waals surface area contributed by atoms with Crippen molar-refractivity contribution in [2.75, 3.05) is 0 Å². The molecule has 2 heterocycles. The van der Waals surface area contributed by atoms with Crippen molar-refractivity contribution < 1.29 is 0 Å². The molecule has 0 N–H and O–H groups in total. The molecule has 6 aromatic rings. The molecule has 4 aromatic carbocycles. The fraction of sp³-hybridized carbons (Fsp3) is 0.261. The molecule has 0 aliphatic heterocycles. The smallest absolute Gasteiger partial charge is 0.0715 e. The summed E-state index contributed by atoms with van der Waals surface area (Å²) >= 11 is 0. The van der Waals surface area contributed by atoms with E-state index < -0.39 is 0 Å². The Labute approximate surface area is 284 Å². The molecule has 0 radical (unpaired) electrons. The van der Waals surface area contributed by atoms with Gasteiger partial charge in [0, 0.05) is 22.3 Å². The van der Waals surface area contributed by atoms with Crippen molar-refractivity contribution in [2.45, 2.75) is 75.0 Å². The Morgan fingerprint density at radius 2 is 0.667 bits per heavy atom. The average molecular weight is 621 g/mol. The van der Waals surface area contributed by atoms with E-state index in [0.29, 0.717) is 0 Å². The van der Waals surface area contributed by atoms with Crippen LogP contribution in [0.3, 0.4) is 0 Å². The zero-order valence-electron chi connectivity index (χ0n) is 27.4. The number of hydrogen-bond acceptors (Lipinski definition) is 2. The summed E-state index contributed by atoms with van der Waals surface area (Å²) in [5.41, 5.74) is 17.6. The lowest BCUT2D eigenvalue weighted by atomic mass is 9.67. The number of nitrogens with zero attached hydrogens (tertiary/aromatic N) is 2. The van der Waals surface area contributed by atoms with Crippen LogP contribution in [0.4, 0.5) is 0 Å². The second kappa shape index (κ2) is 11.4. The summed E-state index contributed by atoms with van der Waals surface area (Å²) < 4.78 is 0. The van der Waals surface area contributed by atoms with Crippen LogP contribution in [0.2, 0.25) is 0 Å². The van der Waals surface area contributed by atoms with E-state index in [4.69, 9.17) is 9.97 Å². The van der Waals surface area contributed by atoms with Crippen LogP contribution < -0.4 is 0 Å². The number of hydrogen-bond donors (Lipinski definition) is 0. The van der Waals surface area contributed by atoms with E-state index in [2.05, 4.69) is 121 Å². The Morgan fingerprint density at radius 3 is 1.08 bits per heavy atom. The van der Waals surface area contributed by atoms with E-state index in [-0.39, 0.29) is 0 Å². The van der Waals surface area contributed by atoms with Gasteiger partial charge in [-0.05, 0) is 145 Å². The third kappa shape index (κ3) is 4.68. The van der Waals surface area contributed by atoms with Crippen molar-refractivity contribution in [3.05, 3.63) is 144 Å². The summed E-state index contributed by atoms with van der Waals surface area (Å²) in [6, 6.07) is 44.8. The van der Waals surface area contributed by atoms with E-state index >= 15 is 0 Å². The molecule has 2 heteroatoms. The van der Waals surface area contributed by atoms with Crippen molar-refractivity contribution in [1.29, 1.82) is 0 Å². The van der Waals surface area contributed by atoms with Crippen LogP contribution in [0, 0.1) is 0 Å². The molecule has 2 nitrogen and oxygen atoms in total. The minimum Gasteiger partial charge on any atom is -0.248 e. The molecular weight excluding hydrogens is 581 g/mol. The van der Waals surface area contributed by atoms with E-state index in [1.54, 1.807) is 22.3 Å². The average Bonchev–Trinajstić information content (AvgIpc) is 3.19. The Morgan fingerprint density at radius 1 is 0.312 bits per heavy atom. The van der Waals surface area contributed by atoms with E-state index in [9.17, 15) is 0 Å². The maximum Gasteiger partial charge on any atom is 0.0715 e. The second-order valence-corrected chi connectivity index (χ2v) is 14.7. The predicted octanol–water partition coefficient (Wildman–Crippen LogP) is 12.3. The minimum absolute atomic E-state index is 0.722. The summed E-state index contributed by atoms with van der Waals surface area (Å²) in [5.74, 6) is 2.96. The van der Waals surface area contributed by atoms with E-state index in [1.807, 2.05) is 0 Å². The largest absolute Gasteiger partial charge is 0.248 e. The van der Waals surface area contributed by atoms with E-state index in [0.717, 1.165) is 57.6 Å². The van der Waals surface area contributed by atoms with Crippen LogP contribution in [-0.2, 0) is 0 Å². The molecule has 0 saturated heterocycles. The van der Waals surface area contributed by atoms with Crippen molar-refractivity contribution >= 4 is 0 Å². The zero-order valence-corrected chi connectivity index (χ0v) is 27.4. The number of benzene rings is 4. The highest BCUT2D eigenvalue weighted by Crippen LogP contribution is 2.51. The predicted molar refractivity (Wildman–Crippen MR) is 197 cm³/mol. The Hall–Kier alpha value is -4.82.